The number of halogens is 1. The number of benzene rings is 2. The van der Waals surface area contributed by atoms with E-state index in [-0.39, 0.29) is 18.3 Å². The second-order valence-electron chi connectivity index (χ2n) is 5.03. The molecule has 1 amide bonds. The summed E-state index contributed by atoms with van der Waals surface area (Å²) in [7, 11) is 0. The summed E-state index contributed by atoms with van der Waals surface area (Å²) < 4.78 is 6.38. The lowest BCUT2D eigenvalue weighted by atomic mass is 10.1. The van der Waals surface area contributed by atoms with Crippen molar-refractivity contribution in [1.29, 1.82) is 0 Å². The van der Waals surface area contributed by atoms with Crippen molar-refractivity contribution in [3.63, 3.8) is 0 Å². The van der Waals surface area contributed by atoms with Crippen molar-refractivity contribution in [2.75, 3.05) is 6.61 Å². The van der Waals surface area contributed by atoms with Gasteiger partial charge >= 0.3 is 0 Å². The highest BCUT2D eigenvalue weighted by Crippen LogP contribution is 2.18. The summed E-state index contributed by atoms with van der Waals surface area (Å²) in [5.41, 5.74) is 5.18. The molecule has 0 atom stereocenters. The van der Waals surface area contributed by atoms with Crippen molar-refractivity contribution >= 4 is 34.7 Å². The Balaban J connectivity index is 1.86. The largest absolute Gasteiger partial charge is 0.507 e. The summed E-state index contributed by atoms with van der Waals surface area (Å²) in [5.74, 6) is 0.377. The van der Waals surface area contributed by atoms with E-state index in [0.717, 1.165) is 9.13 Å². The third-order valence-electron chi connectivity index (χ3n) is 3.23. The minimum absolute atomic E-state index is 0.106. The maximum Gasteiger partial charge on any atom is 0.277 e. The minimum atomic E-state index is -0.371. The molecule has 0 aliphatic rings. The number of aromatic hydroxyl groups is 1. The number of nitrogens with zero attached hydrogens (tertiary/aromatic N) is 1. The smallest absolute Gasteiger partial charge is 0.277 e. The van der Waals surface area contributed by atoms with Crippen molar-refractivity contribution in [2.24, 2.45) is 5.10 Å². The summed E-state index contributed by atoms with van der Waals surface area (Å²) in [6, 6.07) is 10.8. The molecular weight excluding hydrogens is 407 g/mol. The molecule has 0 saturated heterocycles. The number of aryl methyl sites for hydroxylation is 2. The number of hydrogen-bond acceptors (Lipinski definition) is 4. The van der Waals surface area contributed by atoms with E-state index in [2.05, 4.69) is 33.1 Å². The first kappa shape index (κ1) is 17.3. The molecule has 0 unspecified atom stereocenters. The highest BCUT2D eigenvalue weighted by atomic mass is 127. The number of carbonyl (C=O) groups excluding carboxylic acids is 1. The number of rotatable bonds is 5. The summed E-state index contributed by atoms with van der Waals surface area (Å²) in [6.07, 6.45) is 1.39. The summed E-state index contributed by atoms with van der Waals surface area (Å²) in [5, 5.41) is 13.5. The van der Waals surface area contributed by atoms with Crippen LogP contribution in [-0.2, 0) is 4.79 Å². The van der Waals surface area contributed by atoms with Gasteiger partial charge in [-0.15, -0.1) is 0 Å². The number of nitrogens with one attached hydrogen (secondary N) is 1. The molecule has 23 heavy (non-hydrogen) atoms. The molecule has 0 aliphatic carbocycles. The van der Waals surface area contributed by atoms with Crippen LogP contribution in [0.25, 0.3) is 0 Å². The van der Waals surface area contributed by atoms with Crippen molar-refractivity contribution in [2.45, 2.75) is 13.8 Å². The van der Waals surface area contributed by atoms with Crippen LogP contribution >= 0.6 is 22.6 Å². The Bertz CT molecular complexity index is 745. The maximum atomic E-state index is 11.7. The van der Waals surface area contributed by atoms with E-state index >= 15 is 0 Å². The summed E-state index contributed by atoms with van der Waals surface area (Å²) >= 11 is 2.13. The van der Waals surface area contributed by atoms with Gasteiger partial charge in [-0.2, -0.15) is 5.10 Å². The molecule has 0 aliphatic heterocycles. The molecule has 0 spiro atoms. The molecule has 2 rings (SSSR count). The van der Waals surface area contributed by atoms with Crippen LogP contribution < -0.4 is 10.2 Å². The van der Waals surface area contributed by atoms with Gasteiger partial charge in [0.05, 0.1) is 6.21 Å². The van der Waals surface area contributed by atoms with Crippen LogP contribution in [0.4, 0.5) is 0 Å². The van der Waals surface area contributed by atoms with Crippen LogP contribution in [0.1, 0.15) is 16.7 Å². The van der Waals surface area contributed by atoms with Gasteiger partial charge in [0.15, 0.2) is 6.61 Å². The summed E-state index contributed by atoms with van der Waals surface area (Å²) in [4.78, 5) is 11.7. The van der Waals surface area contributed by atoms with Gasteiger partial charge < -0.3 is 9.84 Å². The number of ether oxygens (including phenoxy) is 1. The zero-order chi connectivity index (χ0) is 16.8. The Hall–Kier alpha value is -2.09. The van der Waals surface area contributed by atoms with Crippen molar-refractivity contribution < 1.29 is 14.6 Å². The lowest BCUT2D eigenvalue weighted by Gasteiger charge is -2.07. The third-order valence-corrected chi connectivity index (χ3v) is 3.90. The van der Waals surface area contributed by atoms with Crippen LogP contribution in [0.5, 0.6) is 11.5 Å². The Morgan fingerprint density at radius 2 is 2.04 bits per heavy atom. The molecule has 2 N–H and O–H groups in total. The van der Waals surface area contributed by atoms with Crippen LogP contribution in [0.2, 0.25) is 0 Å². The zero-order valence-electron chi connectivity index (χ0n) is 12.8. The third kappa shape index (κ3) is 5.24. The first-order valence-corrected chi connectivity index (χ1v) is 8.04. The fraction of sp³-hybridized carbons (Fsp3) is 0.176. The second kappa shape index (κ2) is 7.96. The molecule has 0 heterocycles. The molecule has 0 saturated carbocycles. The topological polar surface area (TPSA) is 70.9 Å². The fourth-order valence-electron chi connectivity index (χ4n) is 1.79. The average molecular weight is 424 g/mol. The lowest BCUT2D eigenvalue weighted by molar-refractivity contribution is -0.123. The molecule has 0 radical (unpaired) electrons. The number of hydrogen-bond donors (Lipinski definition) is 2. The standard InChI is InChI=1S/C17H17IN2O3/c1-11-3-5-15(7-12(11)2)23-10-17(22)20-19-9-13-8-14(18)4-6-16(13)21/h3-9,21H,10H2,1-2H3,(H,20,22)/b19-9+. The SMILES string of the molecule is Cc1ccc(OCC(=O)N/N=C/c2cc(I)ccc2O)cc1C. The molecule has 0 aromatic heterocycles. The Kier molecular flexibility index (Phi) is 5.97. The monoisotopic (exact) mass is 424 g/mol. The quantitative estimate of drug-likeness (QED) is 0.440. The number of hydrazone groups is 1. The maximum absolute atomic E-state index is 11.7. The van der Waals surface area contributed by atoms with Crippen LogP contribution in [0.15, 0.2) is 41.5 Å². The predicted molar refractivity (Wildman–Crippen MR) is 98.0 cm³/mol. The Labute approximate surface area is 148 Å². The normalized spacial score (nSPS) is 10.7. The van der Waals surface area contributed by atoms with Gasteiger partial charge in [0.2, 0.25) is 0 Å². The molecular formula is C17H17IN2O3. The number of phenols is 1. The summed E-state index contributed by atoms with van der Waals surface area (Å²) in [6.45, 7) is 3.87. The first-order valence-electron chi connectivity index (χ1n) is 6.96. The first-order chi connectivity index (χ1) is 11.0. The molecule has 6 heteroatoms. The van der Waals surface area contributed by atoms with Gasteiger partial charge in [0, 0.05) is 9.13 Å². The fourth-order valence-corrected chi connectivity index (χ4v) is 2.30. The number of carbonyl (C=O) groups is 1. The molecule has 0 bridgehead atoms. The van der Waals surface area contributed by atoms with Gasteiger partial charge in [-0.05, 0) is 77.9 Å². The van der Waals surface area contributed by atoms with E-state index in [1.54, 1.807) is 18.2 Å². The highest BCUT2D eigenvalue weighted by molar-refractivity contribution is 14.1. The predicted octanol–water partition coefficient (Wildman–Crippen LogP) is 3.14. The van der Waals surface area contributed by atoms with E-state index in [4.69, 9.17) is 4.74 Å². The molecule has 120 valence electrons. The van der Waals surface area contributed by atoms with Gasteiger partial charge in [-0.3, -0.25) is 4.79 Å². The molecule has 5 nitrogen and oxygen atoms in total. The number of phenolic OH excluding ortho intramolecular Hbond substituents is 1. The number of amides is 1. The van der Waals surface area contributed by atoms with Gasteiger partial charge in [-0.25, -0.2) is 5.43 Å². The van der Waals surface area contributed by atoms with E-state index in [1.165, 1.54) is 11.8 Å². The molecule has 2 aromatic carbocycles. The van der Waals surface area contributed by atoms with Crippen molar-refractivity contribution in [3.8, 4) is 11.5 Å². The van der Waals surface area contributed by atoms with Gasteiger partial charge in [0.1, 0.15) is 11.5 Å². The minimum Gasteiger partial charge on any atom is -0.507 e. The van der Waals surface area contributed by atoms with E-state index in [9.17, 15) is 9.90 Å². The van der Waals surface area contributed by atoms with Crippen LogP contribution in [-0.4, -0.2) is 23.8 Å². The zero-order valence-corrected chi connectivity index (χ0v) is 15.0. The Morgan fingerprint density at radius 1 is 1.26 bits per heavy atom. The van der Waals surface area contributed by atoms with Crippen LogP contribution in [0, 0.1) is 17.4 Å². The van der Waals surface area contributed by atoms with Crippen molar-refractivity contribution in [1.82, 2.24) is 5.43 Å². The van der Waals surface area contributed by atoms with E-state index < -0.39 is 0 Å². The van der Waals surface area contributed by atoms with E-state index in [1.807, 2.05) is 32.0 Å². The van der Waals surface area contributed by atoms with Crippen molar-refractivity contribution in [3.05, 3.63) is 56.7 Å². The average Bonchev–Trinajstić information content (AvgIpc) is 2.52. The second-order valence-corrected chi connectivity index (χ2v) is 6.28. The molecule has 0 fully saturated rings. The van der Waals surface area contributed by atoms with Gasteiger partial charge in [-0.1, -0.05) is 6.07 Å². The van der Waals surface area contributed by atoms with Gasteiger partial charge in [0.25, 0.3) is 5.91 Å². The van der Waals surface area contributed by atoms with E-state index in [0.29, 0.717) is 11.3 Å². The highest BCUT2D eigenvalue weighted by Gasteiger charge is 2.03. The molecule has 2 aromatic rings. The lowest BCUT2D eigenvalue weighted by Crippen LogP contribution is -2.24. The van der Waals surface area contributed by atoms with Crippen LogP contribution in [0.3, 0.4) is 0 Å². The Morgan fingerprint density at radius 3 is 2.78 bits per heavy atom.